The highest BCUT2D eigenvalue weighted by molar-refractivity contribution is 6.01. The summed E-state index contributed by atoms with van der Waals surface area (Å²) in [6.45, 7) is 7.13. The second-order valence-electron chi connectivity index (χ2n) is 7.41. The Balaban J connectivity index is 2.02. The lowest BCUT2D eigenvalue weighted by atomic mass is 10.1. The van der Waals surface area contributed by atoms with Gasteiger partial charge in [-0.25, -0.2) is 0 Å². The predicted octanol–water partition coefficient (Wildman–Crippen LogP) is 3.55. The fourth-order valence-electron chi connectivity index (χ4n) is 3.12. The van der Waals surface area contributed by atoms with Crippen LogP contribution in [0.5, 0.6) is 11.6 Å². The average molecular weight is 447 g/mol. The van der Waals surface area contributed by atoms with E-state index in [1.54, 1.807) is 24.4 Å². The van der Waals surface area contributed by atoms with Gasteiger partial charge >= 0.3 is 0 Å². The number of carbonyl (C=O) groups is 1. The number of aryl methyl sites for hydroxylation is 2. The van der Waals surface area contributed by atoms with E-state index in [-0.39, 0.29) is 17.0 Å². The molecule has 1 N–H and O–H groups in total. The topological polar surface area (TPSA) is 106 Å². The Morgan fingerprint density at radius 3 is 2.70 bits per heavy atom. The number of nitrogens with one attached hydrogen (secondary N) is 1. The molecule has 2 aromatic heterocycles. The van der Waals surface area contributed by atoms with Gasteiger partial charge in [0.1, 0.15) is 28.6 Å². The molecule has 0 saturated heterocycles. The molecule has 0 aliphatic heterocycles. The molecule has 8 heteroatoms. The Morgan fingerprint density at radius 2 is 2.00 bits per heavy atom. The van der Waals surface area contributed by atoms with Gasteiger partial charge < -0.3 is 14.8 Å². The van der Waals surface area contributed by atoms with Crippen molar-refractivity contribution in [1.82, 2.24) is 14.7 Å². The Bertz CT molecular complexity index is 1270. The molecule has 0 unspecified atom stereocenters. The Labute approximate surface area is 192 Å². The lowest BCUT2D eigenvalue weighted by Crippen LogP contribution is -2.27. The van der Waals surface area contributed by atoms with E-state index in [0.717, 1.165) is 11.1 Å². The van der Waals surface area contributed by atoms with Crippen molar-refractivity contribution in [2.75, 3.05) is 19.8 Å². The van der Waals surface area contributed by atoms with Crippen LogP contribution in [-0.4, -0.2) is 35.1 Å². The van der Waals surface area contributed by atoms with Crippen LogP contribution in [0.2, 0.25) is 0 Å². The van der Waals surface area contributed by atoms with Gasteiger partial charge in [-0.15, -0.1) is 0 Å². The number of benzene rings is 1. The van der Waals surface area contributed by atoms with Gasteiger partial charge in [0, 0.05) is 26.0 Å². The first-order valence-electron chi connectivity index (χ1n) is 10.7. The van der Waals surface area contributed by atoms with Gasteiger partial charge in [-0.3, -0.25) is 14.0 Å². The fraction of sp³-hybridized carbons (Fsp3) is 0.280. The van der Waals surface area contributed by atoms with Crippen LogP contribution in [0, 0.1) is 25.2 Å². The number of hydrogen-bond donors (Lipinski definition) is 1. The molecule has 1 amide bonds. The molecule has 0 spiro atoms. The zero-order chi connectivity index (χ0) is 23.8. The minimum absolute atomic E-state index is 0.0136. The van der Waals surface area contributed by atoms with Crippen LogP contribution in [0.15, 0.2) is 53.0 Å². The summed E-state index contributed by atoms with van der Waals surface area (Å²) in [5.41, 5.74) is 1.62. The van der Waals surface area contributed by atoms with Gasteiger partial charge in [-0.1, -0.05) is 23.8 Å². The summed E-state index contributed by atoms with van der Waals surface area (Å²) < 4.78 is 12.5. The highest BCUT2D eigenvalue weighted by Gasteiger charge is 2.18. The van der Waals surface area contributed by atoms with Crippen LogP contribution in [0.4, 0.5) is 0 Å². The van der Waals surface area contributed by atoms with Crippen molar-refractivity contribution in [3.05, 3.63) is 75.2 Å². The predicted molar refractivity (Wildman–Crippen MR) is 125 cm³/mol. The van der Waals surface area contributed by atoms with E-state index in [4.69, 9.17) is 9.47 Å². The second-order valence-corrected chi connectivity index (χ2v) is 7.41. The molecule has 0 saturated carbocycles. The molecular weight excluding hydrogens is 420 g/mol. The van der Waals surface area contributed by atoms with Crippen molar-refractivity contribution >= 4 is 17.6 Å². The molecule has 3 aromatic rings. The summed E-state index contributed by atoms with van der Waals surface area (Å²) in [7, 11) is 0. The Kier molecular flexibility index (Phi) is 7.95. The maximum absolute atomic E-state index is 13.3. The quantitative estimate of drug-likeness (QED) is 0.306. The minimum Gasteiger partial charge on any atom is -0.438 e. The number of hydrogen-bond acceptors (Lipinski definition) is 6. The zero-order valence-corrected chi connectivity index (χ0v) is 18.9. The van der Waals surface area contributed by atoms with E-state index >= 15 is 0 Å². The number of rotatable bonds is 9. The third kappa shape index (κ3) is 5.84. The Hall–Kier alpha value is -3.96. The van der Waals surface area contributed by atoms with E-state index < -0.39 is 11.5 Å². The van der Waals surface area contributed by atoms with Gasteiger partial charge in [0.05, 0.1) is 0 Å². The zero-order valence-electron chi connectivity index (χ0n) is 18.9. The second kappa shape index (κ2) is 11.1. The summed E-state index contributed by atoms with van der Waals surface area (Å²) in [6, 6.07) is 12.7. The molecular formula is C25H26N4O4. The number of fused-ring (bicyclic) bond motifs is 1. The number of nitrogens with zero attached hydrogens (tertiary/aromatic N) is 3. The maximum atomic E-state index is 13.3. The number of pyridine rings is 1. The molecule has 2 heterocycles. The van der Waals surface area contributed by atoms with E-state index in [2.05, 4.69) is 10.3 Å². The van der Waals surface area contributed by atoms with Crippen LogP contribution in [0.25, 0.3) is 11.7 Å². The molecule has 1 aromatic carbocycles. The monoisotopic (exact) mass is 446 g/mol. The summed E-state index contributed by atoms with van der Waals surface area (Å²) in [5.74, 6) is -0.0713. The van der Waals surface area contributed by atoms with Crippen molar-refractivity contribution in [1.29, 1.82) is 5.26 Å². The van der Waals surface area contributed by atoms with Crippen LogP contribution in [-0.2, 0) is 9.53 Å². The SMILES string of the molecule is CCOCCCNC(=O)C(C#N)=Cc1c(Oc2ccc(C)cc2)nc2c(C)cccn2c1=O. The third-order valence-electron chi connectivity index (χ3n) is 4.89. The lowest BCUT2D eigenvalue weighted by molar-refractivity contribution is -0.117. The van der Waals surface area contributed by atoms with Crippen molar-refractivity contribution in [3.63, 3.8) is 0 Å². The number of aromatic nitrogens is 2. The molecule has 0 aliphatic rings. The van der Waals surface area contributed by atoms with Gasteiger partial charge in [0.15, 0.2) is 0 Å². The third-order valence-corrected chi connectivity index (χ3v) is 4.89. The van der Waals surface area contributed by atoms with Crippen molar-refractivity contribution in [2.45, 2.75) is 27.2 Å². The van der Waals surface area contributed by atoms with Crippen LogP contribution < -0.4 is 15.6 Å². The van der Waals surface area contributed by atoms with Crippen LogP contribution in [0.1, 0.15) is 30.0 Å². The van der Waals surface area contributed by atoms with Gasteiger partial charge in [-0.2, -0.15) is 10.2 Å². The number of nitriles is 1. The van der Waals surface area contributed by atoms with Gasteiger partial charge in [0.2, 0.25) is 5.88 Å². The Morgan fingerprint density at radius 1 is 1.24 bits per heavy atom. The smallest absolute Gasteiger partial charge is 0.269 e. The molecule has 33 heavy (non-hydrogen) atoms. The summed E-state index contributed by atoms with van der Waals surface area (Å²) in [5, 5.41) is 12.3. The molecule has 0 atom stereocenters. The van der Waals surface area contributed by atoms with E-state index in [1.807, 2.05) is 45.0 Å². The first-order chi connectivity index (χ1) is 15.9. The number of ether oxygens (including phenoxy) is 2. The highest BCUT2D eigenvalue weighted by Crippen LogP contribution is 2.25. The first kappa shape index (κ1) is 23.7. The standard InChI is InChI=1S/C25H26N4O4/c1-4-32-14-6-12-27-23(30)19(16-26)15-21-24(33-20-10-8-17(2)9-11-20)28-22-18(3)7-5-13-29(22)25(21)31/h5,7-11,13,15H,4,6,12,14H2,1-3H3,(H,27,30). The molecule has 0 bridgehead atoms. The van der Waals surface area contributed by atoms with Crippen molar-refractivity contribution < 1.29 is 14.3 Å². The normalized spacial score (nSPS) is 11.3. The fourth-order valence-corrected chi connectivity index (χ4v) is 3.12. The molecule has 3 rings (SSSR count). The lowest BCUT2D eigenvalue weighted by Gasteiger charge is -2.12. The highest BCUT2D eigenvalue weighted by atomic mass is 16.5. The first-order valence-corrected chi connectivity index (χ1v) is 10.7. The average Bonchev–Trinajstić information content (AvgIpc) is 2.81. The molecule has 0 aliphatic carbocycles. The van der Waals surface area contributed by atoms with Crippen LogP contribution >= 0.6 is 0 Å². The van der Waals surface area contributed by atoms with Crippen molar-refractivity contribution in [2.24, 2.45) is 0 Å². The largest absolute Gasteiger partial charge is 0.438 e. The molecule has 170 valence electrons. The molecule has 0 fully saturated rings. The minimum atomic E-state index is -0.580. The summed E-state index contributed by atoms with van der Waals surface area (Å²) in [4.78, 5) is 30.4. The number of amides is 1. The van der Waals surface area contributed by atoms with E-state index in [9.17, 15) is 14.9 Å². The molecule has 8 nitrogen and oxygen atoms in total. The van der Waals surface area contributed by atoms with Crippen LogP contribution in [0.3, 0.4) is 0 Å². The number of carbonyl (C=O) groups excluding carboxylic acids is 1. The molecule has 0 radical (unpaired) electrons. The van der Waals surface area contributed by atoms with E-state index in [0.29, 0.717) is 37.6 Å². The van der Waals surface area contributed by atoms with Gasteiger partial charge in [-0.05, 0) is 57.0 Å². The summed E-state index contributed by atoms with van der Waals surface area (Å²) >= 11 is 0. The van der Waals surface area contributed by atoms with E-state index in [1.165, 1.54) is 10.5 Å². The summed E-state index contributed by atoms with van der Waals surface area (Å²) in [6.07, 6.45) is 3.43. The van der Waals surface area contributed by atoms with Crippen molar-refractivity contribution in [3.8, 4) is 17.7 Å². The van der Waals surface area contributed by atoms with Gasteiger partial charge in [0.25, 0.3) is 11.5 Å². The maximum Gasteiger partial charge on any atom is 0.269 e.